The maximum Gasteiger partial charge on any atom is 0.475 e. The van der Waals surface area contributed by atoms with Crippen LogP contribution >= 0.6 is 0 Å². The average Bonchev–Trinajstić information content (AvgIpc) is 2.73. The average molecular weight is 419 g/mol. The Morgan fingerprint density at radius 2 is 1.80 bits per heavy atom. The zero-order valence-corrected chi connectivity index (χ0v) is 17.3. The first-order valence-electron chi connectivity index (χ1n) is 10.2. The molecule has 4 N–H and O–H groups in total. The van der Waals surface area contributed by atoms with Gasteiger partial charge in [-0.15, -0.1) is 0 Å². The summed E-state index contributed by atoms with van der Waals surface area (Å²) in [5.74, 6) is -2.24. The molecule has 0 saturated carbocycles. The smallest absolute Gasteiger partial charge is 0.426 e. The summed E-state index contributed by atoms with van der Waals surface area (Å²) in [7, 11) is -1.75. The van der Waals surface area contributed by atoms with Crippen molar-refractivity contribution in [3.05, 3.63) is 35.9 Å². The van der Waals surface area contributed by atoms with E-state index in [9.17, 15) is 24.4 Å². The summed E-state index contributed by atoms with van der Waals surface area (Å²) >= 11 is 0. The maximum absolute atomic E-state index is 12.7. The maximum atomic E-state index is 12.7. The summed E-state index contributed by atoms with van der Waals surface area (Å²) in [6.07, 6.45) is 1.49. The highest BCUT2D eigenvalue weighted by molar-refractivity contribution is 6.43. The van der Waals surface area contributed by atoms with Gasteiger partial charge in [-0.25, -0.2) is 0 Å². The fraction of sp³-hybridized carbons (Fsp3) is 0.550. The lowest BCUT2D eigenvalue weighted by atomic mass is 9.76. The van der Waals surface area contributed by atoms with Crippen molar-refractivity contribution in [3.63, 3.8) is 0 Å². The second kappa shape index (κ2) is 12.3. The molecule has 0 aromatic heterocycles. The van der Waals surface area contributed by atoms with Gasteiger partial charge in [0, 0.05) is 20.0 Å². The number of carbonyl (C=O) groups is 3. The van der Waals surface area contributed by atoms with Crippen molar-refractivity contribution in [1.82, 2.24) is 15.5 Å². The van der Waals surface area contributed by atoms with E-state index in [0.29, 0.717) is 39.1 Å². The molecule has 2 atom stereocenters. The molecular formula is C20H30BN3O6. The third-order valence-corrected chi connectivity index (χ3v) is 4.95. The summed E-state index contributed by atoms with van der Waals surface area (Å²) in [5, 5.41) is 24.4. The summed E-state index contributed by atoms with van der Waals surface area (Å²) < 4.78 is 5.22. The lowest BCUT2D eigenvalue weighted by Crippen LogP contribution is -2.55. The summed E-state index contributed by atoms with van der Waals surface area (Å²) in [5.41, 5.74) is 1.11. The molecule has 1 aliphatic rings. The molecule has 3 amide bonds. The predicted octanol–water partition coefficient (Wildman–Crippen LogP) is -0.740. The first kappa shape index (κ1) is 23.9. The van der Waals surface area contributed by atoms with Crippen LogP contribution in [0.5, 0.6) is 0 Å². The Labute approximate surface area is 176 Å². The molecule has 1 saturated heterocycles. The highest BCUT2D eigenvalue weighted by atomic mass is 16.5. The van der Waals surface area contributed by atoms with Gasteiger partial charge in [0.2, 0.25) is 17.7 Å². The van der Waals surface area contributed by atoms with Gasteiger partial charge >= 0.3 is 7.12 Å². The van der Waals surface area contributed by atoms with E-state index in [1.807, 2.05) is 30.3 Å². The van der Waals surface area contributed by atoms with Crippen LogP contribution in [0.3, 0.4) is 0 Å². The van der Waals surface area contributed by atoms with Crippen LogP contribution in [0.2, 0.25) is 0 Å². The van der Waals surface area contributed by atoms with Crippen molar-refractivity contribution in [1.29, 1.82) is 0 Å². The zero-order chi connectivity index (χ0) is 21.9. The minimum absolute atomic E-state index is 0.205. The van der Waals surface area contributed by atoms with Crippen molar-refractivity contribution >= 4 is 24.8 Å². The van der Waals surface area contributed by atoms with E-state index in [-0.39, 0.29) is 12.3 Å². The molecule has 30 heavy (non-hydrogen) atoms. The van der Waals surface area contributed by atoms with Gasteiger partial charge in [0.15, 0.2) is 0 Å². The third kappa shape index (κ3) is 8.13. The van der Waals surface area contributed by atoms with E-state index >= 15 is 0 Å². The van der Waals surface area contributed by atoms with E-state index in [1.54, 1.807) is 4.90 Å². The molecule has 0 spiro atoms. The van der Waals surface area contributed by atoms with E-state index in [2.05, 4.69) is 10.6 Å². The van der Waals surface area contributed by atoms with Crippen LogP contribution in [0.25, 0.3) is 0 Å². The quantitative estimate of drug-likeness (QED) is 0.370. The molecule has 0 aliphatic carbocycles. The van der Waals surface area contributed by atoms with Crippen LogP contribution < -0.4 is 10.6 Å². The lowest BCUT2D eigenvalue weighted by molar-refractivity contribution is -0.139. The first-order chi connectivity index (χ1) is 14.4. The molecule has 1 aromatic rings. The lowest BCUT2D eigenvalue weighted by Gasteiger charge is -2.29. The van der Waals surface area contributed by atoms with Crippen LogP contribution in [0.4, 0.5) is 0 Å². The Bertz CT molecular complexity index is 697. The topological polar surface area (TPSA) is 128 Å². The number of morpholine rings is 1. The number of hydrogen-bond donors (Lipinski definition) is 4. The molecule has 1 heterocycles. The number of nitrogens with one attached hydrogen (secondary N) is 2. The van der Waals surface area contributed by atoms with Crippen molar-refractivity contribution in [2.75, 3.05) is 26.3 Å². The summed E-state index contributed by atoms with van der Waals surface area (Å²) in [6, 6.07) is 8.65. The van der Waals surface area contributed by atoms with Gasteiger partial charge in [-0.05, 0) is 24.8 Å². The Kier molecular flexibility index (Phi) is 9.79. The fourth-order valence-electron chi connectivity index (χ4n) is 3.32. The van der Waals surface area contributed by atoms with Crippen LogP contribution in [0.15, 0.2) is 30.3 Å². The monoisotopic (exact) mass is 419 g/mol. The molecule has 164 valence electrons. The number of ether oxygens (including phenoxy) is 1. The van der Waals surface area contributed by atoms with Gasteiger partial charge in [0.05, 0.1) is 25.6 Å². The number of nitrogens with zero attached hydrogens (tertiary/aromatic N) is 1. The Morgan fingerprint density at radius 3 is 2.40 bits per heavy atom. The minimum Gasteiger partial charge on any atom is -0.426 e. The second-order valence-electron chi connectivity index (χ2n) is 7.36. The van der Waals surface area contributed by atoms with Gasteiger partial charge in [-0.1, -0.05) is 30.3 Å². The number of aryl methyl sites for hydroxylation is 1. The Morgan fingerprint density at radius 1 is 1.13 bits per heavy atom. The van der Waals surface area contributed by atoms with Gasteiger partial charge in [0.25, 0.3) is 0 Å². The molecule has 1 fully saturated rings. The molecule has 0 bridgehead atoms. The molecule has 1 aromatic carbocycles. The zero-order valence-electron chi connectivity index (χ0n) is 17.3. The largest absolute Gasteiger partial charge is 0.475 e. The minimum atomic E-state index is -1.75. The number of rotatable bonds is 10. The highest BCUT2D eigenvalue weighted by Crippen LogP contribution is 2.09. The Balaban J connectivity index is 1.92. The third-order valence-electron chi connectivity index (χ3n) is 4.95. The molecule has 1 aliphatic heterocycles. The van der Waals surface area contributed by atoms with E-state index in [0.717, 1.165) is 12.0 Å². The van der Waals surface area contributed by atoms with Crippen molar-refractivity contribution in [2.45, 2.75) is 44.6 Å². The van der Waals surface area contributed by atoms with Crippen molar-refractivity contribution < 1.29 is 29.2 Å². The fourth-order valence-corrected chi connectivity index (χ4v) is 3.32. The normalized spacial score (nSPS) is 15.8. The van der Waals surface area contributed by atoms with Gasteiger partial charge in [-0.3, -0.25) is 14.4 Å². The molecular weight excluding hydrogens is 389 g/mol. The molecule has 0 radical (unpaired) electrons. The highest BCUT2D eigenvalue weighted by Gasteiger charge is 2.31. The number of benzene rings is 1. The summed E-state index contributed by atoms with van der Waals surface area (Å²) in [6.45, 7) is 3.00. The van der Waals surface area contributed by atoms with Crippen molar-refractivity contribution in [3.8, 4) is 0 Å². The predicted molar refractivity (Wildman–Crippen MR) is 111 cm³/mol. The van der Waals surface area contributed by atoms with E-state index in [4.69, 9.17) is 4.74 Å². The van der Waals surface area contributed by atoms with Crippen molar-refractivity contribution in [2.24, 2.45) is 0 Å². The first-order valence-corrected chi connectivity index (χ1v) is 10.2. The van der Waals surface area contributed by atoms with Gasteiger partial charge in [-0.2, -0.15) is 0 Å². The van der Waals surface area contributed by atoms with Gasteiger partial charge < -0.3 is 30.3 Å². The SMILES string of the molecule is CC(=O)NC(CC(=O)N1CCOCC1)C(=O)NC(CCCc1ccccc1)B(O)O. The standard InChI is InChI=1S/C20H30BN3O6/c1-15(25)22-17(14-19(26)24-10-12-30-13-11-24)20(27)23-18(21(28)29)9-5-8-16-6-3-2-4-7-16/h2-4,6-7,17-18,28-29H,5,8-14H2,1H3,(H,22,25)(H,23,27). The number of amides is 3. The number of carbonyl (C=O) groups excluding carboxylic acids is 3. The van der Waals surface area contributed by atoms with Crippen LogP contribution in [-0.2, 0) is 25.5 Å². The van der Waals surface area contributed by atoms with E-state index in [1.165, 1.54) is 6.92 Å². The molecule has 9 nitrogen and oxygen atoms in total. The number of hydrogen-bond acceptors (Lipinski definition) is 6. The molecule has 2 rings (SSSR count). The van der Waals surface area contributed by atoms with E-state index < -0.39 is 30.9 Å². The summed E-state index contributed by atoms with van der Waals surface area (Å²) in [4.78, 5) is 38.3. The Hall–Kier alpha value is -2.43. The van der Waals surface area contributed by atoms with Crippen LogP contribution in [0, 0.1) is 0 Å². The van der Waals surface area contributed by atoms with Crippen LogP contribution in [0.1, 0.15) is 31.7 Å². The second-order valence-corrected chi connectivity index (χ2v) is 7.36. The van der Waals surface area contributed by atoms with Gasteiger partial charge in [0.1, 0.15) is 6.04 Å². The molecule has 2 unspecified atom stereocenters. The van der Waals surface area contributed by atoms with Crippen LogP contribution in [-0.4, -0.2) is 78.1 Å². The molecule has 10 heteroatoms.